The number of aromatic nitrogens is 6. The summed E-state index contributed by atoms with van der Waals surface area (Å²) in [7, 11) is -8.84. The minimum absolute atomic E-state index is 0. The Hall–Kier alpha value is -4.41. The number of aromatic hydroxyl groups is 1. The van der Waals surface area contributed by atoms with Crippen molar-refractivity contribution in [3.8, 4) is 22.9 Å². The van der Waals surface area contributed by atoms with E-state index in [1.807, 2.05) is 13.8 Å². The summed E-state index contributed by atoms with van der Waals surface area (Å²) in [4.78, 5) is 1.73. The molecule has 0 bridgehead atoms. The third-order valence-electron chi connectivity index (χ3n) is 5.97. The van der Waals surface area contributed by atoms with E-state index in [2.05, 4.69) is 20.4 Å². The van der Waals surface area contributed by atoms with Crippen LogP contribution in [-0.4, -0.2) is 61.0 Å². The summed E-state index contributed by atoms with van der Waals surface area (Å²) in [5.41, 5.74) is 3.80. The molecule has 2 N–H and O–H groups in total. The van der Waals surface area contributed by atoms with E-state index < -0.39 is 20.2 Å². The average Bonchev–Trinajstić information content (AvgIpc) is 3.54. The number of aryl methyl sites for hydroxylation is 2. The first kappa shape index (κ1) is 31.5. The van der Waals surface area contributed by atoms with Gasteiger partial charge in [0.25, 0.3) is 10.1 Å². The largest absolute Gasteiger partial charge is 2.00 e. The van der Waals surface area contributed by atoms with Crippen LogP contribution in [0.3, 0.4) is 0 Å². The predicted octanol–water partition coefficient (Wildman–Crippen LogP) is 2.39. The van der Waals surface area contributed by atoms with Gasteiger partial charge in [0.15, 0.2) is 0 Å². The first-order valence-corrected chi connectivity index (χ1v) is 14.8. The van der Waals surface area contributed by atoms with Crippen LogP contribution in [0.4, 0.5) is 0 Å². The second-order valence-corrected chi connectivity index (χ2v) is 12.0. The molecule has 6 rings (SSSR count). The van der Waals surface area contributed by atoms with Gasteiger partial charge in [-0.05, 0) is 79.6 Å². The summed E-state index contributed by atoms with van der Waals surface area (Å²) in [5.74, 6) is -0.242. The molecule has 6 aromatic rings. The number of nitrogens with zero attached hydrogens (tertiary/aromatic N) is 6. The van der Waals surface area contributed by atoms with E-state index in [4.69, 9.17) is 4.55 Å². The van der Waals surface area contributed by atoms with Crippen LogP contribution in [0.15, 0.2) is 82.6 Å². The van der Waals surface area contributed by atoms with Gasteiger partial charge in [-0.15, -0.1) is 25.2 Å². The first-order chi connectivity index (χ1) is 19.7. The molecule has 43 heavy (non-hydrogen) atoms. The Balaban J connectivity index is 0.000000192. The molecule has 0 aliphatic rings. The number of rotatable bonds is 4. The van der Waals surface area contributed by atoms with Gasteiger partial charge in [-0.1, -0.05) is 23.9 Å². The van der Waals surface area contributed by atoms with Crippen LogP contribution in [0.2, 0.25) is 0 Å². The smallest absolute Gasteiger partial charge is 0.871 e. The fraction of sp³-hybridized carbons (Fsp3) is 0.0769. The Labute approximate surface area is 254 Å². The molecule has 0 aliphatic heterocycles. The molecule has 0 unspecified atom stereocenters. The predicted molar refractivity (Wildman–Crippen MR) is 146 cm³/mol. The maximum absolute atomic E-state index is 11.8. The van der Waals surface area contributed by atoms with E-state index >= 15 is 0 Å². The molecule has 14 nitrogen and oxygen atoms in total. The molecule has 0 spiro atoms. The van der Waals surface area contributed by atoms with Crippen molar-refractivity contribution in [2.75, 3.05) is 0 Å². The molecule has 0 fully saturated rings. The van der Waals surface area contributed by atoms with Crippen LogP contribution in [0.25, 0.3) is 33.4 Å². The second-order valence-electron chi connectivity index (χ2n) is 9.17. The fourth-order valence-corrected chi connectivity index (χ4v) is 4.89. The molecular formula is C26H20N6NiO8S2. The Morgan fingerprint density at radius 2 is 1.12 bits per heavy atom. The number of benzene rings is 4. The number of phenols is 1. The minimum Gasteiger partial charge on any atom is -0.871 e. The zero-order chi connectivity index (χ0) is 30.4. The number of fused-ring (bicyclic) bond motifs is 2. The molecule has 0 atom stereocenters. The Morgan fingerprint density at radius 1 is 0.651 bits per heavy atom. The third kappa shape index (κ3) is 6.82. The third-order valence-corrected chi connectivity index (χ3v) is 7.65. The van der Waals surface area contributed by atoms with Crippen LogP contribution in [0.1, 0.15) is 11.1 Å². The zero-order valence-corrected chi connectivity index (χ0v) is 24.7. The normalized spacial score (nSPS) is 11.6. The quantitative estimate of drug-likeness (QED) is 0.205. The minimum atomic E-state index is -4.55. The Bertz CT molecular complexity index is 2060. The summed E-state index contributed by atoms with van der Waals surface area (Å²) >= 11 is 0. The van der Waals surface area contributed by atoms with Crippen molar-refractivity contribution in [3.63, 3.8) is 0 Å². The molecule has 2 aromatic heterocycles. The van der Waals surface area contributed by atoms with Crippen molar-refractivity contribution in [1.82, 2.24) is 30.0 Å². The average molecular weight is 667 g/mol. The molecule has 0 saturated heterocycles. The fourth-order valence-electron chi connectivity index (χ4n) is 3.90. The van der Waals surface area contributed by atoms with E-state index in [0.717, 1.165) is 28.1 Å². The van der Waals surface area contributed by atoms with E-state index in [9.17, 15) is 31.6 Å². The van der Waals surface area contributed by atoms with Crippen molar-refractivity contribution in [2.45, 2.75) is 23.6 Å². The zero-order valence-electron chi connectivity index (χ0n) is 22.1. The summed E-state index contributed by atoms with van der Waals surface area (Å²) in [6.45, 7) is 3.69. The number of hydrogen-bond donors (Lipinski definition) is 2. The van der Waals surface area contributed by atoms with Crippen molar-refractivity contribution in [1.29, 1.82) is 0 Å². The maximum atomic E-state index is 11.8. The van der Waals surface area contributed by atoms with Crippen molar-refractivity contribution in [3.05, 3.63) is 83.9 Å². The molecule has 0 amide bonds. The van der Waals surface area contributed by atoms with Crippen LogP contribution in [-0.2, 0) is 36.7 Å². The van der Waals surface area contributed by atoms with Crippen molar-refractivity contribution in [2.24, 2.45) is 0 Å². The molecule has 224 valence electrons. The van der Waals surface area contributed by atoms with Crippen LogP contribution in [0, 0.1) is 13.8 Å². The summed E-state index contributed by atoms with van der Waals surface area (Å²) < 4.78 is 64.2. The van der Waals surface area contributed by atoms with E-state index in [-0.39, 0.29) is 49.0 Å². The molecule has 0 aliphatic carbocycles. The maximum Gasteiger partial charge on any atom is 2.00 e. The van der Waals surface area contributed by atoms with Gasteiger partial charge in [-0.3, -0.25) is 4.55 Å². The van der Waals surface area contributed by atoms with E-state index in [1.165, 1.54) is 41.2 Å². The van der Waals surface area contributed by atoms with E-state index in [0.29, 0.717) is 22.2 Å². The van der Waals surface area contributed by atoms with Crippen LogP contribution < -0.4 is 5.11 Å². The molecule has 17 heteroatoms. The van der Waals surface area contributed by atoms with Crippen LogP contribution >= 0.6 is 0 Å². The van der Waals surface area contributed by atoms with Gasteiger partial charge in [0.1, 0.15) is 43.6 Å². The van der Waals surface area contributed by atoms with Gasteiger partial charge in [0.2, 0.25) is 0 Å². The molecule has 4 aromatic carbocycles. The summed E-state index contributed by atoms with van der Waals surface area (Å²) in [6.07, 6.45) is 0. The summed E-state index contributed by atoms with van der Waals surface area (Å²) in [5, 5.41) is 38.2. The van der Waals surface area contributed by atoms with Gasteiger partial charge in [0.05, 0.1) is 15.5 Å². The molecule has 0 saturated carbocycles. The van der Waals surface area contributed by atoms with E-state index in [1.54, 1.807) is 24.3 Å². The Kier molecular flexibility index (Phi) is 8.58. The molecular weight excluding hydrogens is 647 g/mol. The SMILES string of the molecule is Cc1ccc(O)c(-n2nc3ccc(S(=O)(=O)O)cc3n2)c1.Cc1ccc([O-])c(-n2nc3ccc(S(=O)(=O)[O-])cc3n2)c1.[Ni+2]. The second kappa shape index (κ2) is 11.7. The number of hydrogen-bond acceptors (Lipinski definition) is 11. The molecule has 2 heterocycles. The monoisotopic (exact) mass is 666 g/mol. The molecule has 0 radical (unpaired) electrons. The first-order valence-electron chi connectivity index (χ1n) is 11.9. The van der Waals surface area contributed by atoms with Gasteiger partial charge < -0.3 is 14.8 Å². The van der Waals surface area contributed by atoms with Crippen molar-refractivity contribution < 1.29 is 52.6 Å². The summed E-state index contributed by atoms with van der Waals surface area (Å²) in [6, 6.07) is 17.3. The van der Waals surface area contributed by atoms with Gasteiger partial charge in [-0.25, -0.2) is 8.42 Å². The van der Waals surface area contributed by atoms with Crippen molar-refractivity contribution >= 4 is 42.3 Å². The van der Waals surface area contributed by atoms with Gasteiger partial charge >= 0.3 is 16.5 Å². The van der Waals surface area contributed by atoms with Gasteiger partial charge in [0, 0.05) is 0 Å². The topological polar surface area (TPSA) is 216 Å². The van der Waals surface area contributed by atoms with Gasteiger partial charge in [-0.2, -0.15) is 13.2 Å². The standard InChI is InChI=1S/2C13H11N3O4S.Ni/c2*1-8-2-5-13(17)12(6-8)16-14-10-4-3-9(21(18,19)20)7-11(10)15-16;/h2*2-7,17H,1H3,(H,18,19,20);/q;;+2/p-2. The number of phenolic OH excluding ortho intramolecular Hbond substituents is 1. The van der Waals surface area contributed by atoms with Crippen LogP contribution in [0.5, 0.6) is 11.5 Å². The Morgan fingerprint density at radius 3 is 1.67 bits per heavy atom.